The van der Waals surface area contributed by atoms with Crippen molar-refractivity contribution in [1.29, 1.82) is 0 Å². The second-order valence-corrected chi connectivity index (χ2v) is 6.61. The van der Waals surface area contributed by atoms with Crippen molar-refractivity contribution in [3.63, 3.8) is 0 Å². The molecule has 0 radical (unpaired) electrons. The molecule has 1 N–H and O–H groups in total. The van der Waals surface area contributed by atoms with E-state index in [0.29, 0.717) is 6.04 Å². The van der Waals surface area contributed by atoms with Crippen LogP contribution in [0.5, 0.6) is 11.5 Å². The standard InChI is InChI=1S/C17H27NO2/c1-17(2,3)15-11-14(19-4)10-12(16(15)20-5)9-13-7-6-8-18-13/h10-11,13,18H,6-9H2,1-5H3. The van der Waals surface area contributed by atoms with Gasteiger partial charge >= 0.3 is 0 Å². The lowest BCUT2D eigenvalue weighted by Gasteiger charge is -2.25. The van der Waals surface area contributed by atoms with Crippen LogP contribution >= 0.6 is 0 Å². The Morgan fingerprint density at radius 2 is 1.95 bits per heavy atom. The van der Waals surface area contributed by atoms with Crippen molar-refractivity contribution in [2.75, 3.05) is 20.8 Å². The van der Waals surface area contributed by atoms with Gasteiger partial charge in [0.1, 0.15) is 11.5 Å². The molecule has 1 saturated heterocycles. The molecule has 2 rings (SSSR count). The third-order valence-corrected chi connectivity index (χ3v) is 4.02. The quantitative estimate of drug-likeness (QED) is 0.916. The summed E-state index contributed by atoms with van der Waals surface area (Å²) in [5, 5.41) is 3.56. The Labute approximate surface area is 122 Å². The molecule has 1 unspecified atom stereocenters. The number of hydrogen-bond acceptors (Lipinski definition) is 3. The number of ether oxygens (including phenoxy) is 2. The van der Waals surface area contributed by atoms with Gasteiger partial charge in [0.05, 0.1) is 14.2 Å². The average molecular weight is 277 g/mol. The Morgan fingerprint density at radius 1 is 1.20 bits per heavy atom. The van der Waals surface area contributed by atoms with Gasteiger partial charge < -0.3 is 14.8 Å². The zero-order chi connectivity index (χ0) is 14.8. The van der Waals surface area contributed by atoms with Crippen molar-refractivity contribution in [3.05, 3.63) is 23.3 Å². The summed E-state index contributed by atoms with van der Waals surface area (Å²) < 4.78 is 11.2. The third-order valence-electron chi connectivity index (χ3n) is 4.02. The molecule has 1 aromatic rings. The van der Waals surface area contributed by atoms with Crippen LogP contribution in [0.3, 0.4) is 0 Å². The van der Waals surface area contributed by atoms with E-state index in [1.54, 1.807) is 14.2 Å². The molecule has 1 aliphatic heterocycles. The van der Waals surface area contributed by atoms with E-state index in [-0.39, 0.29) is 5.41 Å². The van der Waals surface area contributed by atoms with E-state index < -0.39 is 0 Å². The monoisotopic (exact) mass is 277 g/mol. The van der Waals surface area contributed by atoms with Crippen molar-refractivity contribution < 1.29 is 9.47 Å². The second-order valence-electron chi connectivity index (χ2n) is 6.61. The normalized spacial score (nSPS) is 19.1. The summed E-state index contributed by atoms with van der Waals surface area (Å²) >= 11 is 0. The number of methoxy groups -OCH3 is 2. The molecule has 1 aliphatic rings. The van der Waals surface area contributed by atoms with Gasteiger partial charge in [0.2, 0.25) is 0 Å². The summed E-state index contributed by atoms with van der Waals surface area (Å²) in [6.07, 6.45) is 3.51. The highest BCUT2D eigenvalue weighted by atomic mass is 16.5. The van der Waals surface area contributed by atoms with E-state index >= 15 is 0 Å². The van der Waals surface area contributed by atoms with Crippen LogP contribution in [-0.4, -0.2) is 26.8 Å². The molecule has 0 saturated carbocycles. The minimum absolute atomic E-state index is 0.0394. The van der Waals surface area contributed by atoms with Gasteiger partial charge in [-0.05, 0) is 48.9 Å². The Hall–Kier alpha value is -1.22. The highest BCUT2D eigenvalue weighted by Crippen LogP contribution is 2.38. The van der Waals surface area contributed by atoms with Gasteiger partial charge in [-0.3, -0.25) is 0 Å². The second kappa shape index (κ2) is 6.04. The van der Waals surface area contributed by atoms with Crippen LogP contribution in [0.2, 0.25) is 0 Å². The zero-order valence-electron chi connectivity index (χ0n) is 13.4. The van der Waals surface area contributed by atoms with Crippen molar-refractivity contribution in [2.45, 2.75) is 51.5 Å². The summed E-state index contributed by atoms with van der Waals surface area (Å²) in [7, 11) is 3.49. The molecule has 1 fully saturated rings. The SMILES string of the molecule is COc1cc(CC2CCCN2)c(OC)c(C(C)(C)C)c1. The lowest BCUT2D eigenvalue weighted by Crippen LogP contribution is -2.24. The van der Waals surface area contributed by atoms with Gasteiger partial charge in [-0.25, -0.2) is 0 Å². The topological polar surface area (TPSA) is 30.5 Å². The fraction of sp³-hybridized carbons (Fsp3) is 0.647. The summed E-state index contributed by atoms with van der Waals surface area (Å²) in [5.74, 6) is 1.94. The van der Waals surface area contributed by atoms with Gasteiger partial charge in [0, 0.05) is 11.6 Å². The van der Waals surface area contributed by atoms with Crippen LogP contribution < -0.4 is 14.8 Å². The molecular formula is C17H27NO2. The molecule has 3 heteroatoms. The smallest absolute Gasteiger partial charge is 0.126 e. The zero-order valence-corrected chi connectivity index (χ0v) is 13.4. The number of benzene rings is 1. The number of rotatable bonds is 4. The van der Waals surface area contributed by atoms with Crippen LogP contribution in [0.25, 0.3) is 0 Å². The molecule has 20 heavy (non-hydrogen) atoms. The fourth-order valence-corrected chi connectivity index (χ4v) is 2.92. The Balaban J connectivity index is 2.41. The van der Waals surface area contributed by atoms with E-state index in [9.17, 15) is 0 Å². The van der Waals surface area contributed by atoms with Crippen LogP contribution in [0.4, 0.5) is 0 Å². The molecular weight excluding hydrogens is 250 g/mol. The molecule has 0 spiro atoms. The lowest BCUT2D eigenvalue weighted by atomic mass is 9.84. The van der Waals surface area contributed by atoms with Crippen LogP contribution in [-0.2, 0) is 11.8 Å². The summed E-state index contributed by atoms with van der Waals surface area (Å²) in [6, 6.07) is 4.78. The number of hydrogen-bond donors (Lipinski definition) is 1. The highest BCUT2D eigenvalue weighted by Gasteiger charge is 2.24. The van der Waals surface area contributed by atoms with Gasteiger partial charge in [-0.1, -0.05) is 20.8 Å². The average Bonchev–Trinajstić information content (AvgIpc) is 2.89. The van der Waals surface area contributed by atoms with Crippen LogP contribution in [0.1, 0.15) is 44.7 Å². The molecule has 1 aromatic carbocycles. The summed E-state index contributed by atoms with van der Waals surface area (Å²) in [6.45, 7) is 7.76. The van der Waals surface area contributed by atoms with Crippen molar-refractivity contribution >= 4 is 0 Å². The van der Waals surface area contributed by atoms with E-state index in [0.717, 1.165) is 24.5 Å². The number of nitrogens with one attached hydrogen (secondary N) is 1. The van der Waals surface area contributed by atoms with Gasteiger partial charge in [0.25, 0.3) is 0 Å². The minimum Gasteiger partial charge on any atom is -0.497 e. The summed E-state index contributed by atoms with van der Waals surface area (Å²) in [5.41, 5.74) is 2.50. The van der Waals surface area contributed by atoms with Gasteiger partial charge in [0.15, 0.2) is 0 Å². The van der Waals surface area contributed by atoms with E-state index in [4.69, 9.17) is 9.47 Å². The molecule has 3 nitrogen and oxygen atoms in total. The Morgan fingerprint density at radius 3 is 2.45 bits per heavy atom. The summed E-state index contributed by atoms with van der Waals surface area (Å²) in [4.78, 5) is 0. The molecule has 0 bridgehead atoms. The first-order valence-corrected chi connectivity index (χ1v) is 7.44. The van der Waals surface area contributed by atoms with Crippen molar-refractivity contribution in [2.24, 2.45) is 0 Å². The van der Waals surface area contributed by atoms with Crippen LogP contribution in [0, 0.1) is 0 Å². The van der Waals surface area contributed by atoms with Crippen molar-refractivity contribution in [1.82, 2.24) is 5.32 Å². The highest BCUT2D eigenvalue weighted by molar-refractivity contribution is 5.50. The molecule has 1 heterocycles. The first-order chi connectivity index (χ1) is 9.45. The first-order valence-electron chi connectivity index (χ1n) is 7.44. The maximum Gasteiger partial charge on any atom is 0.126 e. The Bertz CT molecular complexity index is 457. The molecule has 0 aliphatic carbocycles. The molecule has 0 amide bonds. The third kappa shape index (κ3) is 3.26. The maximum absolute atomic E-state index is 5.73. The van der Waals surface area contributed by atoms with E-state index in [1.807, 2.05) is 0 Å². The molecule has 112 valence electrons. The van der Waals surface area contributed by atoms with Crippen molar-refractivity contribution in [3.8, 4) is 11.5 Å². The van der Waals surface area contributed by atoms with Gasteiger partial charge in [-0.2, -0.15) is 0 Å². The van der Waals surface area contributed by atoms with E-state index in [2.05, 4.69) is 38.2 Å². The Kier molecular flexibility index (Phi) is 4.59. The predicted octanol–water partition coefficient (Wildman–Crippen LogP) is 3.30. The first kappa shape index (κ1) is 15.2. The largest absolute Gasteiger partial charge is 0.497 e. The maximum atomic E-state index is 5.73. The fourth-order valence-electron chi connectivity index (χ4n) is 2.92. The van der Waals surface area contributed by atoms with Gasteiger partial charge in [-0.15, -0.1) is 0 Å². The van der Waals surface area contributed by atoms with Crippen LogP contribution in [0.15, 0.2) is 12.1 Å². The predicted molar refractivity (Wildman–Crippen MR) is 83.0 cm³/mol. The lowest BCUT2D eigenvalue weighted by molar-refractivity contribution is 0.380. The van der Waals surface area contributed by atoms with E-state index in [1.165, 1.54) is 24.0 Å². The minimum atomic E-state index is 0.0394. The molecule has 1 atom stereocenters. The molecule has 0 aromatic heterocycles.